The highest BCUT2D eigenvalue weighted by Gasteiger charge is 2.37. The summed E-state index contributed by atoms with van der Waals surface area (Å²) < 4.78 is 5.52. The highest BCUT2D eigenvalue weighted by Crippen LogP contribution is 2.44. The largest absolute Gasteiger partial charge is 0.481 e. The first-order chi connectivity index (χ1) is 15.9. The van der Waals surface area contributed by atoms with Crippen molar-refractivity contribution < 1.29 is 24.2 Å². The SMILES string of the molecule is CC(NC(=O)OCC1c2ccccc2-c2ccccc21)C(=O)NC1(CC(=O)O)CCCCC1. The van der Waals surface area contributed by atoms with E-state index in [1.54, 1.807) is 6.92 Å². The first kappa shape index (κ1) is 22.8. The lowest BCUT2D eigenvalue weighted by Crippen LogP contribution is -2.56. The number of ether oxygens (including phenoxy) is 1. The smallest absolute Gasteiger partial charge is 0.407 e. The van der Waals surface area contributed by atoms with E-state index >= 15 is 0 Å². The van der Waals surface area contributed by atoms with Gasteiger partial charge in [0.05, 0.1) is 12.0 Å². The number of rotatable bonds is 7. The maximum Gasteiger partial charge on any atom is 0.407 e. The van der Waals surface area contributed by atoms with Gasteiger partial charge in [0.15, 0.2) is 0 Å². The van der Waals surface area contributed by atoms with Crippen LogP contribution in [-0.4, -0.2) is 41.3 Å². The van der Waals surface area contributed by atoms with E-state index in [1.807, 2.05) is 36.4 Å². The molecule has 2 amide bonds. The van der Waals surface area contributed by atoms with E-state index in [4.69, 9.17) is 4.74 Å². The third-order valence-corrected chi connectivity index (χ3v) is 6.76. The quantitative estimate of drug-likeness (QED) is 0.586. The Morgan fingerprint density at radius 2 is 1.58 bits per heavy atom. The molecule has 2 aromatic rings. The Bertz CT molecular complexity index is 999. The van der Waals surface area contributed by atoms with Crippen LogP contribution < -0.4 is 10.6 Å². The molecule has 4 rings (SSSR count). The van der Waals surface area contributed by atoms with Crippen LogP contribution in [0.3, 0.4) is 0 Å². The molecule has 1 saturated carbocycles. The van der Waals surface area contributed by atoms with Crippen molar-refractivity contribution >= 4 is 18.0 Å². The average Bonchev–Trinajstić information content (AvgIpc) is 3.11. The Balaban J connectivity index is 1.35. The van der Waals surface area contributed by atoms with Gasteiger partial charge in [0.2, 0.25) is 5.91 Å². The number of fused-ring (bicyclic) bond motifs is 3. The van der Waals surface area contributed by atoms with Gasteiger partial charge in [-0.25, -0.2) is 4.79 Å². The number of aliphatic carboxylic acids is 1. The Kier molecular flexibility index (Phi) is 6.67. The zero-order valence-electron chi connectivity index (χ0n) is 18.8. The van der Waals surface area contributed by atoms with E-state index in [0.29, 0.717) is 12.8 Å². The second kappa shape index (κ2) is 9.65. The van der Waals surface area contributed by atoms with Crippen molar-refractivity contribution in [1.29, 1.82) is 0 Å². The second-order valence-corrected chi connectivity index (χ2v) is 9.09. The van der Waals surface area contributed by atoms with Crippen LogP contribution in [0.2, 0.25) is 0 Å². The lowest BCUT2D eigenvalue weighted by molar-refractivity contribution is -0.139. The standard InChI is InChI=1S/C26H30N2O5/c1-17(24(31)28-26(15-23(29)30)13-7-2-8-14-26)27-25(32)33-16-22-20-11-5-3-9-18(20)19-10-4-6-12-21(19)22/h3-6,9-12,17,22H,2,7-8,13-16H2,1H3,(H,27,32)(H,28,31)(H,29,30). The summed E-state index contributed by atoms with van der Waals surface area (Å²) in [5.41, 5.74) is 3.77. The molecule has 2 aliphatic rings. The number of benzene rings is 2. The van der Waals surface area contributed by atoms with Gasteiger partial charge in [-0.15, -0.1) is 0 Å². The van der Waals surface area contributed by atoms with Crippen molar-refractivity contribution in [1.82, 2.24) is 10.6 Å². The minimum atomic E-state index is -0.936. The topological polar surface area (TPSA) is 105 Å². The van der Waals surface area contributed by atoms with Crippen LogP contribution in [0.1, 0.15) is 62.5 Å². The van der Waals surface area contributed by atoms with Crippen LogP contribution in [0, 0.1) is 0 Å². The summed E-state index contributed by atoms with van der Waals surface area (Å²) in [5.74, 6) is -1.39. The third-order valence-electron chi connectivity index (χ3n) is 6.76. The molecule has 3 N–H and O–H groups in total. The number of carboxylic acid groups (broad SMARTS) is 1. The highest BCUT2D eigenvalue weighted by molar-refractivity contribution is 5.86. The Labute approximate surface area is 193 Å². The fourth-order valence-electron chi connectivity index (χ4n) is 5.12. The van der Waals surface area contributed by atoms with Crippen LogP contribution >= 0.6 is 0 Å². The Hall–Kier alpha value is -3.35. The molecule has 0 radical (unpaired) electrons. The summed E-state index contributed by atoms with van der Waals surface area (Å²) >= 11 is 0. The molecule has 174 valence electrons. The molecule has 0 aliphatic heterocycles. The van der Waals surface area contributed by atoms with Crippen LogP contribution in [0.25, 0.3) is 11.1 Å². The van der Waals surface area contributed by atoms with Crippen molar-refractivity contribution in [3.63, 3.8) is 0 Å². The summed E-state index contributed by atoms with van der Waals surface area (Å²) in [6, 6.07) is 15.3. The van der Waals surface area contributed by atoms with E-state index in [-0.39, 0.29) is 18.9 Å². The van der Waals surface area contributed by atoms with Crippen molar-refractivity contribution in [2.24, 2.45) is 0 Å². The van der Waals surface area contributed by atoms with Crippen molar-refractivity contribution in [3.8, 4) is 11.1 Å². The first-order valence-corrected chi connectivity index (χ1v) is 11.5. The van der Waals surface area contributed by atoms with E-state index in [0.717, 1.165) is 41.5 Å². The van der Waals surface area contributed by atoms with Crippen molar-refractivity contribution in [3.05, 3.63) is 59.7 Å². The number of alkyl carbamates (subject to hydrolysis) is 1. The van der Waals surface area contributed by atoms with Gasteiger partial charge < -0.3 is 20.5 Å². The third kappa shape index (κ3) is 5.02. The van der Waals surface area contributed by atoms with E-state index in [1.165, 1.54) is 0 Å². The lowest BCUT2D eigenvalue weighted by atomic mass is 9.79. The van der Waals surface area contributed by atoms with Crippen molar-refractivity contribution in [2.45, 2.75) is 62.9 Å². The number of carboxylic acids is 1. The molecule has 2 aromatic carbocycles. The molecule has 2 aliphatic carbocycles. The van der Waals surface area contributed by atoms with Crippen LogP contribution in [-0.2, 0) is 14.3 Å². The predicted molar refractivity (Wildman–Crippen MR) is 124 cm³/mol. The molecule has 33 heavy (non-hydrogen) atoms. The monoisotopic (exact) mass is 450 g/mol. The molecule has 7 nitrogen and oxygen atoms in total. The normalized spacial score (nSPS) is 17.4. The number of hydrogen-bond donors (Lipinski definition) is 3. The zero-order valence-corrected chi connectivity index (χ0v) is 18.8. The van der Waals surface area contributed by atoms with Crippen LogP contribution in [0.15, 0.2) is 48.5 Å². The molecular formula is C26H30N2O5. The van der Waals surface area contributed by atoms with Gasteiger partial charge in [-0.2, -0.15) is 0 Å². The Morgan fingerprint density at radius 3 is 2.15 bits per heavy atom. The van der Waals surface area contributed by atoms with E-state index in [2.05, 4.69) is 22.8 Å². The maximum absolute atomic E-state index is 12.7. The minimum absolute atomic E-state index is 0.0617. The van der Waals surface area contributed by atoms with Gasteiger partial charge in [-0.1, -0.05) is 67.8 Å². The summed E-state index contributed by atoms with van der Waals surface area (Å²) in [7, 11) is 0. The number of amides is 2. The minimum Gasteiger partial charge on any atom is -0.481 e. The molecule has 0 bridgehead atoms. The Morgan fingerprint density at radius 1 is 1.00 bits per heavy atom. The van der Waals surface area contributed by atoms with E-state index in [9.17, 15) is 19.5 Å². The van der Waals surface area contributed by atoms with Gasteiger partial charge in [-0.3, -0.25) is 9.59 Å². The molecule has 7 heteroatoms. The molecule has 0 saturated heterocycles. The summed E-state index contributed by atoms with van der Waals surface area (Å²) in [6.07, 6.45) is 3.26. The number of carbonyl (C=O) groups excluding carboxylic acids is 2. The van der Waals surface area contributed by atoms with Crippen LogP contribution in [0.5, 0.6) is 0 Å². The first-order valence-electron chi connectivity index (χ1n) is 11.5. The van der Waals surface area contributed by atoms with Gasteiger partial charge in [0, 0.05) is 5.92 Å². The summed E-state index contributed by atoms with van der Waals surface area (Å²) in [6.45, 7) is 1.74. The van der Waals surface area contributed by atoms with Gasteiger partial charge in [0.25, 0.3) is 0 Å². The maximum atomic E-state index is 12.7. The molecule has 0 aromatic heterocycles. The number of hydrogen-bond acceptors (Lipinski definition) is 4. The highest BCUT2D eigenvalue weighted by atomic mass is 16.5. The van der Waals surface area contributed by atoms with E-state index < -0.39 is 29.6 Å². The predicted octanol–water partition coefficient (Wildman–Crippen LogP) is 4.21. The zero-order chi connectivity index (χ0) is 23.4. The average molecular weight is 451 g/mol. The number of carbonyl (C=O) groups is 3. The number of nitrogens with one attached hydrogen (secondary N) is 2. The van der Waals surface area contributed by atoms with Crippen LogP contribution in [0.4, 0.5) is 4.79 Å². The summed E-state index contributed by atoms with van der Waals surface area (Å²) in [4.78, 5) is 36.6. The fourth-order valence-corrected chi connectivity index (χ4v) is 5.12. The fraction of sp³-hybridized carbons (Fsp3) is 0.423. The van der Waals surface area contributed by atoms with Gasteiger partial charge >= 0.3 is 12.1 Å². The lowest BCUT2D eigenvalue weighted by Gasteiger charge is -2.37. The molecular weight excluding hydrogens is 420 g/mol. The molecule has 0 spiro atoms. The summed E-state index contributed by atoms with van der Waals surface area (Å²) in [5, 5.41) is 14.8. The van der Waals surface area contributed by atoms with Crippen molar-refractivity contribution in [2.75, 3.05) is 6.61 Å². The molecule has 0 heterocycles. The van der Waals surface area contributed by atoms with Gasteiger partial charge in [0.1, 0.15) is 12.6 Å². The molecule has 1 atom stereocenters. The molecule has 1 unspecified atom stereocenters. The second-order valence-electron chi connectivity index (χ2n) is 9.09. The molecule has 1 fully saturated rings. The van der Waals surface area contributed by atoms with Gasteiger partial charge in [-0.05, 0) is 42.0 Å².